The number of aliphatic carboxylic acids is 1. The maximum Gasteiger partial charge on any atom is 0.407 e. The fourth-order valence-corrected chi connectivity index (χ4v) is 3.72. The second kappa shape index (κ2) is 9.82. The molecule has 0 unspecified atom stereocenters. The Kier molecular flexibility index (Phi) is 7.15. The van der Waals surface area contributed by atoms with Gasteiger partial charge in [-0.1, -0.05) is 48.5 Å². The number of alkyl carbamates (subject to hydrolysis) is 1. The molecule has 32 heavy (non-hydrogen) atoms. The number of carboxylic acid groups (broad SMARTS) is 1. The van der Waals surface area contributed by atoms with Crippen LogP contribution in [0.2, 0.25) is 0 Å². The maximum absolute atomic E-state index is 12.5. The highest BCUT2D eigenvalue weighted by atomic mass is 16.5. The van der Waals surface area contributed by atoms with Crippen LogP contribution in [0.15, 0.2) is 48.5 Å². The summed E-state index contributed by atoms with van der Waals surface area (Å²) in [6.07, 6.45) is -0.639. The molecule has 1 aliphatic rings. The van der Waals surface area contributed by atoms with Gasteiger partial charge >= 0.3 is 12.1 Å². The van der Waals surface area contributed by atoms with Crippen molar-refractivity contribution in [2.24, 2.45) is 5.41 Å². The highest BCUT2D eigenvalue weighted by Crippen LogP contribution is 2.44. The number of benzene rings is 2. The Bertz CT molecular complexity index is 958. The molecule has 3 rings (SSSR count). The molecule has 0 spiro atoms. The van der Waals surface area contributed by atoms with Crippen LogP contribution in [-0.2, 0) is 19.1 Å². The van der Waals surface area contributed by atoms with E-state index < -0.39 is 29.4 Å². The van der Waals surface area contributed by atoms with Crippen molar-refractivity contribution in [1.82, 2.24) is 10.6 Å². The predicted molar refractivity (Wildman–Crippen MR) is 118 cm³/mol. The second-order valence-corrected chi connectivity index (χ2v) is 8.38. The average molecular weight is 440 g/mol. The fraction of sp³-hybridized carbons (Fsp3) is 0.375. The molecule has 3 N–H and O–H groups in total. The molecule has 0 aromatic heterocycles. The van der Waals surface area contributed by atoms with Gasteiger partial charge in [0.05, 0.1) is 12.0 Å². The smallest absolute Gasteiger partial charge is 0.407 e. The summed E-state index contributed by atoms with van der Waals surface area (Å²) in [6, 6.07) is 14.9. The van der Waals surface area contributed by atoms with Gasteiger partial charge in [-0.2, -0.15) is 0 Å². The average Bonchev–Trinajstić information content (AvgIpc) is 3.09. The Morgan fingerprint density at radius 2 is 1.59 bits per heavy atom. The van der Waals surface area contributed by atoms with Crippen molar-refractivity contribution in [1.29, 1.82) is 0 Å². The maximum atomic E-state index is 12.5. The lowest BCUT2D eigenvalue weighted by Crippen LogP contribution is -2.51. The predicted octanol–water partition coefficient (Wildman–Crippen LogP) is 2.77. The summed E-state index contributed by atoms with van der Waals surface area (Å²) in [5, 5.41) is 14.2. The van der Waals surface area contributed by atoms with E-state index in [1.165, 1.54) is 7.11 Å². The zero-order valence-electron chi connectivity index (χ0n) is 18.4. The zero-order valence-corrected chi connectivity index (χ0v) is 18.4. The largest absolute Gasteiger partial charge is 0.480 e. The van der Waals surface area contributed by atoms with E-state index in [1.807, 2.05) is 36.4 Å². The SMILES string of the molecule is COC[C@H](NC(=O)C(C)(C)CNC(=O)OCC1c2ccccc2-c2ccccc21)C(=O)O. The number of fused-ring (bicyclic) bond motifs is 3. The molecule has 2 aromatic carbocycles. The Morgan fingerprint density at radius 1 is 1.03 bits per heavy atom. The van der Waals surface area contributed by atoms with Crippen LogP contribution in [0.25, 0.3) is 11.1 Å². The van der Waals surface area contributed by atoms with Crippen molar-refractivity contribution in [2.75, 3.05) is 26.9 Å². The van der Waals surface area contributed by atoms with Crippen LogP contribution in [0.5, 0.6) is 0 Å². The molecule has 0 bridgehead atoms. The fourth-order valence-electron chi connectivity index (χ4n) is 3.72. The Hall–Kier alpha value is -3.39. The first-order valence-electron chi connectivity index (χ1n) is 10.4. The van der Waals surface area contributed by atoms with Gasteiger partial charge in [0, 0.05) is 19.6 Å². The van der Waals surface area contributed by atoms with Gasteiger partial charge in [-0.3, -0.25) is 4.79 Å². The van der Waals surface area contributed by atoms with Gasteiger partial charge < -0.3 is 25.2 Å². The molecule has 2 aromatic rings. The number of carbonyl (C=O) groups is 3. The van der Waals surface area contributed by atoms with Crippen molar-refractivity contribution >= 4 is 18.0 Å². The minimum Gasteiger partial charge on any atom is -0.480 e. The van der Waals surface area contributed by atoms with Crippen LogP contribution in [0.1, 0.15) is 30.9 Å². The molecular formula is C24H28N2O6. The molecule has 0 saturated carbocycles. The van der Waals surface area contributed by atoms with E-state index in [-0.39, 0.29) is 25.7 Å². The van der Waals surface area contributed by atoms with Crippen LogP contribution in [-0.4, -0.2) is 56.0 Å². The highest BCUT2D eigenvalue weighted by Gasteiger charge is 2.33. The Morgan fingerprint density at radius 3 is 2.12 bits per heavy atom. The van der Waals surface area contributed by atoms with Gasteiger partial charge in [0.15, 0.2) is 6.04 Å². The number of rotatable bonds is 9. The lowest BCUT2D eigenvalue weighted by molar-refractivity contribution is -0.144. The van der Waals surface area contributed by atoms with Crippen LogP contribution in [0.4, 0.5) is 4.79 Å². The molecule has 1 aliphatic carbocycles. The standard InChI is InChI=1S/C24H28N2O6/c1-24(2,22(29)26-20(13-31-3)21(27)28)14-25-23(30)32-12-19-17-10-6-4-8-15(17)16-9-5-7-11-18(16)19/h4-11,19-20H,12-14H2,1-3H3,(H,25,30)(H,26,29)(H,27,28)/t20-/m0/s1. The summed E-state index contributed by atoms with van der Waals surface area (Å²) in [4.78, 5) is 36.1. The second-order valence-electron chi connectivity index (χ2n) is 8.38. The quantitative estimate of drug-likeness (QED) is 0.553. The van der Waals surface area contributed by atoms with Crippen LogP contribution in [0, 0.1) is 5.41 Å². The van der Waals surface area contributed by atoms with Crippen molar-refractivity contribution < 1.29 is 29.0 Å². The summed E-state index contributed by atoms with van der Waals surface area (Å²) in [5.74, 6) is -1.77. The number of amides is 2. The molecule has 0 radical (unpaired) electrons. The monoisotopic (exact) mass is 440 g/mol. The number of nitrogens with one attached hydrogen (secondary N) is 2. The van der Waals surface area contributed by atoms with Crippen molar-refractivity contribution in [2.45, 2.75) is 25.8 Å². The van der Waals surface area contributed by atoms with E-state index >= 15 is 0 Å². The van der Waals surface area contributed by atoms with Gasteiger partial charge in [0.25, 0.3) is 0 Å². The van der Waals surface area contributed by atoms with E-state index in [0.29, 0.717) is 0 Å². The number of hydrogen-bond acceptors (Lipinski definition) is 5. The van der Waals surface area contributed by atoms with Crippen molar-refractivity contribution in [3.63, 3.8) is 0 Å². The molecule has 2 amide bonds. The van der Waals surface area contributed by atoms with Gasteiger partial charge in [0.2, 0.25) is 5.91 Å². The Labute approximate surface area is 186 Å². The summed E-state index contributed by atoms with van der Waals surface area (Å²) in [5.41, 5.74) is 3.45. The van der Waals surface area contributed by atoms with E-state index in [1.54, 1.807) is 13.8 Å². The minimum atomic E-state index is -1.19. The lowest BCUT2D eigenvalue weighted by Gasteiger charge is -2.26. The number of carbonyl (C=O) groups excluding carboxylic acids is 2. The third-order valence-corrected chi connectivity index (χ3v) is 5.57. The number of hydrogen-bond donors (Lipinski definition) is 3. The number of methoxy groups -OCH3 is 1. The molecule has 8 heteroatoms. The van der Waals surface area contributed by atoms with Crippen LogP contribution >= 0.6 is 0 Å². The first-order valence-corrected chi connectivity index (χ1v) is 10.4. The normalized spacial score (nSPS) is 13.6. The molecule has 170 valence electrons. The van der Waals surface area contributed by atoms with Crippen LogP contribution < -0.4 is 10.6 Å². The third-order valence-electron chi connectivity index (χ3n) is 5.57. The topological polar surface area (TPSA) is 114 Å². The number of ether oxygens (including phenoxy) is 2. The lowest BCUT2D eigenvalue weighted by atomic mass is 9.92. The molecule has 0 heterocycles. The summed E-state index contributed by atoms with van der Waals surface area (Å²) >= 11 is 0. The number of carboxylic acids is 1. The minimum absolute atomic E-state index is 0.0190. The van der Waals surface area contributed by atoms with E-state index in [0.717, 1.165) is 22.3 Å². The van der Waals surface area contributed by atoms with Crippen LogP contribution in [0.3, 0.4) is 0 Å². The molecule has 8 nitrogen and oxygen atoms in total. The molecule has 1 atom stereocenters. The third kappa shape index (κ3) is 5.08. The van der Waals surface area contributed by atoms with Gasteiger partial charge in [-0.15, -0.1) is 0 Å². The van der Waals surface area contributed by atoms with E-state index in [4.69, 9.17) is 14.6 Å². The highest BCUT2D eigenvalue weighted by molar-refractivity contribution is 5.87. The zero-order chi connectivity index (χ0) is 23.3. The van der Waals surface area contributed by atoms with E-state index in [2.05, 4.69) is 22.8 Å². The van der Waals surface area contributed by atoms with Crippen molar-refractivity contribution in [3.8, 4) is 11.1 Å². The van der Waals surface area contributed by atoms with Gasteiger partial charge in [-0.05, 0) is 36.1 Å². The van der Waals surface area contributed by atoms with E-state index in [9.17, 15) is 14.4 Å². The summed E-state index contributed by atoms with van der Waals surface area (Å²) in [7, 11) is 1.35. The van der Waals surface area contributed by atoms with Gasteiger partial charge in [-0.25, -0.2) is 9.59 Å². The summed E-state index contributed by atoms with van der Waals surface area (Å²) in [6.45, 7) is 3.21. The summed E-state index contributed by atoms with van der Waals surface area (Å²) < 4.78 is 10.3. The first kappa shape index (κ1) is 23.3. The first-order chi connectivity index (χ1) is 15.2. The van der Waals surface area contributed by atoms with Gasteiger partial charge in [0.1, 0.15) is 6.61 Å². The molecule has 0 fully saturated rings. The Balaban J connectivity index is 1.56. The molecule has 0 aliphatic heterocycles. The van der Waals surface area contributed by atoms with Crippen molar-refractivity contribution in [3.05, 3.63) is 59.7 Å². The molecule has 0 saturated heterocycles. The molecular weight excluding hydrogens is 412 g/mol.